The summed E-state index contributed by atoms with van der Waals surface area (Å²) in [5.41, 5.74) is 3.74. The first kappa shape index (κ1) is 17.7. The molecule has 0 unspecified atom stereocenters. The molecule has 5 heteroatoms. The summed E-state index contributed by atoms with van der Waals surface area (Å²) < 4.78 is 6.50. The van der Waals surface area contributed by atoms with Crippen molar-refractivity contribution in [1.29, 1.82) is 0 Å². The highest BCUT2D eigenvalue weighted by atomic mass is 16.5. The van der Waals surface area contributed by atoms with Gasteiger partial charge in [0.15, 0.2) is 0 Å². The van der Waals surface area contributed by atoms with Crippen LogP contribution in [0, 0.1) is 13.8 Å². The number of hydrogen-bond donors (Lipinski definition) is 2. The Labute approximate surface area is 159 Å². The van der Waals surface area contributed by atoms with Crippen LogP contribution >= 0.6 is 0 Å². The van der Waals surface area contributed by atoms with Crippen molar-refractivity contribution in [2.75, 3.05) is 13.1 Å². The fraction of sp³-hybridized carbons (Fsp3) is 0.409. The van der Waals surface area contributed by atoms with Crippen molar-refractivity contribution < 1.29 is 19.7 Å². The van der Waals surface area contributed by atoms with Crippen molar-refractivity contribution in [2.24, 2.45) is 0 Å². The van der Waals surface area contributed by atoms with Gasteiger partial charge in [0.05, 0.1) is 5.56 Å². The fourth-order valence-corrected chi connectivity index (χ4v) is 4.34. The summed E-state index contributed by atoms with van der Waals surface area (Å²) in [7, 11) is 0. The number of nitrogens with zero attached hydrogens (tertiary/aromatic N) is 1. The number of carbonyl (C=O) groups excluding carboxylic acids is 1. The van der Waals surface area contributed by atoms with Crippen molar-refractivity contribution in [1.82, 2.24) is 4.90 Å². The average Bonchev–Trinajstić information content (AvgIpc) is 2.63. The number of likely N-dealkylation sites (tertiary alicyclic amines) is 1. The van der Waals surface area contributed by atoms with Crippen LogP contribution in [-0.2, 0) is 6.42 Å². The van der Waals surface area contributed by atoms with Gasteiger partial charge in [0.1, 0.15) is 22.8 Å². The standard InChI is InChI=1S/C22H25NO4/c1-14-11-15(2)20-16(12-14)5-6-22(27-20)7-9-23(10-8-22)21(26)18-4-3-17(24)13-19(18)25/h3-4,11-13,24-25H,5-10H2,1-2H3. The molecule has 2 N–H and O–H groups in total. The Balaban J connectivity index is 1.48. The van der Waals surface area contributed by atoms with Crippen LogP contribution in [0.2, 0.25) is 0 Å². The third-order valence-corrected chi connectivity index (χ3v) is 5.84. The second-order valence-electron chi connectivity index (χ2n) is 7.85. The van der Waals surface area contributed by atoms with E-state index in [1.54, 1.807) is 4.90 Å². The number of hydrogen-bond acceptors (Lipinski definition) is 4. The molecule has 0 saturated carbocycles. The Morgan fingerprint density at radius 1 is 1.07 bits per heavy atom. The number of ether oxygens (including phenoxy) is 1. The van der Waals surface area contributed by atoms with Gasteiger partial charge >= 0.3 is 0 Å². The molecule has 0 aliphatic carbocycles. The number of fused-ring (bicyclic) bond motifs is 1. The number of amides is 1. The van der Waals surface area contributed by atoms with Crippen molar-refractivity contribution in [2.45, 2.75) is 45.1 Å². The zero-order valence-corrected chi connectivity index (χ0v) is 15.8. The number of phenolic OH excluding ortho intramolecular Hbond substituents is 2. The summed E-state index contributed by atoms with van der Waals surface area (Å²) in [5.74, 6) is 0.573. The molecular weight excluding hydrogens is 342 g/mol. The highest BCUT2D eigenvalue weighted by Gasteiger charge is 2.41. The first-order chi connectivity index (χ1) is 12.9. The second kappa shape index (κ2) is 6.48. The number of piperidine rings is 1. The van der Waals surface area contributed by atoms with Gasteiger partial charge in [-0.05, 0) is 49.9 Å². The highest BCUT2D eigenvalue weighted by molar-refractivity contribution is 5.97. The number of aromatic hydroxyl groups is 2. The van der Waals surface area contributed by atoms with Crippen molar-refractivity contribution >= 4 is 5.91 Å². The van der Waals surface area contributed by atoms with Crippen LogP contribution < -0.4 is 4.74 Å². The van der Waals surface area contributed by atoms with Crippen molar-refractivity contribution in [3.8, 4) is 17.2 Å². The Kier molecular flexibility index (Phi) is 4.25. The predicted octanol–water partition coefficient (Wildman–Crippen LogP) is 3.71. The lowest BCUT2D eigenvalue weighted by molar-refractivity contribution is -0.0112. The molecule has 5 nitrogen and oxygen atoms in total. The maximum Gasteiger partial charge on any atom is 0.257 e. The molecule has 2 aromatic carbocycles. The lowest BCUT2D eigenvalue weighted by Crippen LogP contribution is -2.51. The zero-order chi connectivity index (χ0) is 19.2. The minimum Gasteiger partial charge on any atom is -0.508 e. The molecule has 1 amide bonds. The van der Waals surface area contributed by atoms with Crippen LogP contribution in [0.3, 0.4) is 0 Å². The molecule has 1 fully saturated rings. The van der Waals surface area contributed by atoms with Gasteiger partial charge < -0.3 is 19.8 Å². The molecule has 0 atom stereocenters. The van der Waals surface area contributed by atoms with Gasteiger partial charge in [-0.25, -0.2) is 0 Å². The number of rotatable bonds is 1. The molecule has 2 aliphatic rings. The Bertz CT molecular complexity index is 897. The largest absolute Gasteiger partial charge is 0.508 e. The van der Waals surface area contributed by atoms with Gasteiger partial charge in [-0.1, -0.05) is 17.7 Å². The van der Waals surface area contributed by atoms with E-state index in [9.17, 15) is 15.0 Å². The van der Waals surface area contributed by atoms with Gasteiger partial charge in [0.25, 0.3) is 5.91 Å². The van der Waals surface area contributed by atoms with Gasteiger partial charge in [-0.15, -0.1) is 0 Å². The van der Waals surface area contributed by atoms with E-state index in [2.05, 4.69) is 26.0 Å². The average molecular weight is 367 g/mol. The first-order valence-electron chi connectivity index (χ1n) is 9.47. The summed E-state index contributed by atoms with van der Waals surface area (Å²) in [6, 6.07) is 8.46. The molecule has 2 heterocycles. The Morgan fingerprint density at radius 3 is 2.52 bits per heavy atom. The highest BCUT2D eigenvalue weighted by Crippen LogP contribution is 2.41. The van der Waals surface area contributed by atoms with Crippen LogP contribution in [0.25, 0.3) is 0 Å². The second-order valence-corrected chi connectivity index (χ2v) is 7.85. The molecule has 142 valence electrons. The molecule has 1 spiro atoms. The summed E-state index contributed by atoms with van der Waals surface area (Å²) in [5, 5.41) is 19.4. The molecule has 2 aromatic rings. The molecule has 0 aromatic heterocycles. The number of aryl methyl sites for hydroxylation is 3. The molecule has 1 saturated heterocycles. The minimum absolute atomic E-state index is 0.0541. The number of phenols is 2. The van der Waals surface area contributed by atoms with Crippen molar-refractivity contribution in [3.63, 3.8) is 0 Å². The monoisotopic (exact) mass is 367 g/mol. The van der Waals surface area contributed by atoms with Gasteiger partial charge in [0.2, 0.25) is 0 Å². The minimum atomic E-state index is -0.208. The maximum atomic E-state index is 12.7. The first-order valence-corrected chi connectivity index (χ1v) is 9.47. The number of benzene rings is 2. The lowest BCUT2D eigenvalue weighted by Gasteiger charge is -2.45. The molecule has 0 radical (unpaired) electrons. The molecule has 0 bridgehead atoms. The normalized spacial score (nSPS) is 18.1. The van der Waals surface area contributed by atoms with Crippen LogP contribution in [0.1, 0.15) is 46.3 Å². The summed E-state index contributed by atoms with van der Waals surface area (Å²) in [6.07, 6.45) is 3.54. The third-order valence-electron chi connectivity index (χ3n) is 5.84. The van der Waals surface area contributed by atoms with Crippen LogP contribution in [0.5, 0.6) is 17.2 Å². The van der Waals surface area contributed by atoms with E-state index in [1.807, 2.05) is 0 Å². The SMILES string of the molecule is Cc1cc(C)c2c(c1)CCC1(CCN(C(=O)c3ccc(O)cc3O)CC1)O2. The molecular formula is C22H25NO4. The van der Waals surface area contributed by atoms with E-state index in [0.29, 0.717) is 13.1 Å². The van der Waals surface area contributed by atoms with E-state index in [4.69, 9.17) is 4.74 Å². The topological polar surface area (TPSA) is 70.0 Å². The fourth-order valence-electron chi connectivity index (χ4n) is 4.34. The van der Waals surface area contributed by atoms with E-state index in [1.165, 1.54) is 34.9 Å². The molecule has 27 heavy (non-hydrogen) atoms. The third kappa shape index (κ3) is 3.22. The van der Waals surface area contributed by atoms with E-state index >= 15 is 0 Å². The van der Waals surface area contributed by atoms with Gasteiger partial charge in [0, 0.05) is 32.0 Å². The van der Waals surface area contributed by atoms with Crippen LogP contribution in [0.4, 0.5) is 0 Å². The lowest BCUT2D eigenvalue weighted by atomic mass is 9.82. The predicted molar refractivity (Wildman–Crippen MR) is 103 cm³/mol. The summed E-state index contributed by atoms with van der Waals surface area (Å²) >= 11 is 0. The maximum absolute atomic E-state index is 12.7. The van der Waals surface area contributed by atoms with Crippen LogP contribution in [0.15, 0.2) is 30.3 Å². The Morgan fingerprint density at radius 2 is 1.81 bits per heavy atom. The van der Waals surface area contributed by atoms with Crippen molar-refractivity contribution in [3.05, 3.63) is 52.6 Å². The molecule has 2 aliphatic heterocycles. The van der Waals surface area contributed by atoms with E-state index in [0.717, 1.165) is 31.4 Å². The smallest absolute Gasteiger partial charge is 0.257 e. The summed E-state index contributed by atoms with van der Waals surface area (Å²) in [6.45, 7) is 5.40. The zero-order valence-electron chi connectivity index (χ0n) is 15.8. The summed E-state index contributed by atoms with van der Waals surface area (Å²) in [4.78, 5) is 14.5. The quantitative estimate of drug-likeness (QED) is 0.806. The molecule has 4 rings (SSSR count). The van der Waals surface area contributed by atoms with Gasteiger partial charge in [-0.3, -0.25) is 4.79 Å². The van der Waals surface area contributed by atoms with E-state index in [-0.39, 0.29) is 28.6 Å². The van der Waals surface area contributed by atoms with Gasteiger partial charge in [-0.2, -0.15) is 0 Å². The van der Waals surface area contributed by atoms with Crippen LogP contribution in [-0.4, -0.2) is 39.7 Å². The van der Waals surface area contributed by atoms with E-state index < -0.39 is 0 Å². The Hall–Kier alpha value is -2.69. The number of carbonyl (C=O) groups is 1.